The first-order chi connectivity index (χ1) is 28.8. The second-order valence-corrected chi connectivity index (χ2v) is 15.6. The average molecular weight is 812 g/mol. The van der Waals surface area contributed by atoms with Crippen molar-refractivity contribution in [3.63, 3.8) is 0 Å². The van der Waals surface area contributed by atoms with Crippen LogP contribution in [-0.2, 0) is 24.6 Å². The fraction of sp³-hybridized carbons (Fsp3) is 0.213. The third-order valence-corrected chi connectivity index (χ3v) is 12.4. The van der Waals surface area contributed by atoms with Crippen molar-refractivity contribution >= 4 is 40.8 Å². The van der Waals surface area contributed by atoms with E-state index in [1.54, 1.807) is 103 Å². The van der Waals surface area contributed by atoms with Gasteiger partial charge >= 0.3 is 6.36 Å². The molecule has 0 aromatic heterocycles. The predicted octanol–water partition coefficient (Wildman–Crippen LogP) is 8.02. The summed E-state index contributed by atoms with van der Waals surface area (Å²) in [4.78, 5) is 73.5. The van der Waals surface area contributed by atoms with Crippen molar-refractivity contribution in [2.75, 3.05) is 10.3 Å². The van der Waals surface area contributed by atoms with Crippen LogP contribution in [0.4, 0.5) is 24.5 Å². The Morgan fingerprint density at radius 2 is 1.43 bits per heavy atom. The first-order valence-electron chi connectivity index (χ1n) is 19.4. The van der Waals surface area contributed by atoms with E-state index in [0.717, 1.165) is 33.7 Å². The number of hydrazine groups is 1. The number of imide groups is 2. The molecular weight excluding hydrogens is 776 g/mol. The number of hydrogen-bond acceptors (Lipinski definition) is 8. The largest absolute Gasteiger partial charge is 0.573 e. The molecule has 60 heavy (non-hydrogen) atoms. The number of allylic oxidation sites excluding steroid dienone is 2. The van der Waals surface area contributed by atoms with Gasteiger partial charge in [0.15, 0.2) is 5.78 Å². The third-order valence-electron chi connectivity index (χ3n) is 12.4. The summed E-state index contributed by atoms with van der Waals surface area (Å²) in [5, 5.41) is 12.5. The fourth-order valence-corrected chi connectivity index (χ4v) is 9.83. The summed E-state index contributed by atoms with van der Waals surface area (Å²) in [6.07, 6.45) is -3.41. The van der Waals surface area contributed by atoms with E-state index in [2.05, 4.69) is 10.2 Å². The van der Waals surface area contributed by atoms with E-state index < -0.39 is 76.5 Å². The molecule has 5 aromatic carbocycles. The van der Waals surface area contributed by atoms with Crippen LogP contribution in [0.15, 0.2) is 139 Å². The zero-order chi connectivity index (χ0) is 42.1. The summed E-state index contributed by atoms with van der Waals surface area (Å²) in [5.74, 6) is -9.05. The van der Waals surface area contributed by atoms with Crippen LogP contribution in [0.1, 0.15) is 51.4 Å². The van der Waals surface area contributed by atoms with Gasteiger partial charge in [-0.2, -0.15) is 5.01 Å². The lowest BCUT2D eigenvalue weighted by atomic mass is 9.49. The molecule has 13 heteroatoms. The van der Waals surface area contributed by atoms with Gasteiger partial charge in [-0.3, -0.25) is 34.3 Å². The Bertz CT molecular complexity index is 2600. The topological polar surface area (TPSA) is 133 Å². The third kappa shape index (κ3) is 6.14. The van der Waals surface area contributed by atoms with Crippen LogP contribution < -0.4 is 15.1 Å². The zero-order valence-corrected chi connectivity index (χ0v) is 31.9. The van der Waals surface area contributed by atoms with E-state index in [1.165, 1.54) is 12.1 Å². The quantitative estimate of drug-likeness (QED) is 0.0915. The van der Waals surface area contributed by atoms with Crippen molar-refractivity contribution in [3.05, 3.63) is 167 Å². The molecule has 6 unspecified atom stereocenters. The number of amides is 4. The highest BCUT2D eigenvalue weighted by atomic mass is 19.4. The van der Waals surface area contributed by atoms with Gasteiger partial charge in [0.05, 0.1) is 34.5 Å². The number of halogens is 3. The summed E-state index contributed by atoms with van der Waals surface area (Å²) in [5.41, 5.74) is 4.22. The van der Waals surface area contributed by atoms with Gasteiger partial charge in [-0.25, -0.2) is 0 Å². The number of phenols is 1. The Morgan fingerprint density at radius 1 is 0.783 bits per heavy atom. The molecule has 4 aliphatic rings. The van der Waals surface area contributed by atoms with Gasteiger partial charge in [0.1, 0.15) is 11.5 Å². The highest BCUT2D eigenvalue weighted by Gasteiger charge is 2.70. The maximum Gasteiger partial charge on any atom is 0.573 e. The van der Waals surface area contributed by atoms with Crippen molar-refractivity contribution in [1.82, 2.24) is 5.01 Å². The maximum absolute atomic E-state index is 15.3. The number of carbonyl (C=O) groups excluding carboxylic acids is 5. The van der Waals surface area contributed by atoms with Crippen molar-refractivity contribution in [3.8, 4) is 11.5 Å². The number of aryl methyl sites for hydroxylation is 1. The molecule has 2 N–H and O–H groups in total. The first-order valence-corrected chi connectivity index (χ1v) is 19.4. The molecule has 5 aromatic rings. The molecule has 6 atom stereocenters. The highest BCUT2D eigenvalue weighted by molar-refractivity contribution is 6.23. The minimum atomic E-state index is -5.10. The van der Waals surface area contributed by atoms with Crippen LogP contribution in [0.25, 0.3) is 0 Å². The van der Waals surface area contributed by atoms with E-state index in [0.29, 0.717) is 28.0 Å². The smallest absolute Gasteiger partial charge is 0.508 e. The predicted molar refractivity (Wildman–Crippen MR) is 212 cm³/mol. The highest BCUT2D eigenvalue weighted by Crippen LogP contribution is 2.65. The molecular formula is C47H36F3N3O7. The molecule has 9 rings (SSSR count). The number of ether oxygens (including phenoxy) is 1. The lowest BCUT2D eigenvalue weighted by Gasteiger charge is -2.50. The van der Waals surface area contributed by atoms with Crippen LogP contribution in [0, 0.1) is 30.6 Å². The number of hydrogen-bond donors (Lipinski definition) is 2. The van der Waals surface area contributed by atoms with Crippen molar-refractivity contribution in [2.45, 2.75) is 37.5 Å². The van der Waals surface area contributed by atoms with Gasteiger partial charge in [0, 0.05) is 22.6 Å². The lowest BCUT2D eigenvalue weighted by Crippen LogP contribution is -2.53. The Kier molecular flexibility index (Phi) is 9.22. The Labute approximate surface area is 341 Å². The van der Waals surface area contributed by atoms with Gasteiger partial charge in [0.25, 0.3) is 11.8 Å². The first kappa shape index (κ1) is 38.5. The molecule has 302 valence electrons. The zero-order valence-electron chi connectivity index (χ0n) is 31.9. The molecule has 4 amide bonds. The average Bonchev–Trinajstić information content (AvgIpc) is 3.62. The van der Waals surface area contributed by atoms with E-state index in [1.807, 2.05) is 6.92 Å². The number of benzene rings is 5. The van der Waals surface area contributed by atoms with E-state index in [4.69, 9.17) is 0 Å². The van der Waals surface area contributed by atoms with E-state index >= 15 is 4.79 Å². The standard InChI is InChI=1S/C47H36F3N3O7/c1-26-12-16-30(17-13-26)51-53-43(57)37-25-35-33(40(46(37,45(53)59)29-10-6-3-7-11-29)36-24-32(20-23-38(36)54)60-47(48,49)50)21-22-34-39(35)44(58)52(42(34)56)31-18-14-28(15-19-31)41(55)27-8-4-2-5-9-27/h2-21,23-24,34-35,37,39-40,51,54H,22,25H2,1H3. The number of rotatable bonds is 8. The van der Waals surface area contributed by atoms with Crippen molar-refractivity contribution < 1.29 is 47.0 Å². The number of fused-ring (bicyclic) bond motifs is 4. The van der Waals surface area contributed by atoms with E-state index in [9.17, 15) is 37.5 Å². The fourth-order valence-electron chi connectivity index (χ4n) is 9.83. The summed E-state index contributed by atoms with van der Waals surface area (Å²) in [7, 11) is 0. The summed E-state index contributed by atoms with van der Waals surface area (Å²) < 4.78 is 45.3. The molecule has 0 radical (unpaired) electrons. The van der Waals surface area contributed by atoms with Gasteiger partial charge in [-0.15, -0.1) is 13.2 Å². The normalized spacial score (nSPS) is 24.7. The van der Waals surface area contributed by atoms with Crippen LogP contribution in [0.3, 0.4) is 0 Å². The molecule has 1 saturated carbocycles. The monoisotopic (exact) mass is 811 g/mol. The van der Waals surface area contributed by atoms with Crippen LogP contribution in [0.2, 0.25) is 0 Å². The number of aromatic hydroxyl groups is 1. The Balaban J connectivity index is 1.17. The second kappa shape index (κ2) is 14.4. The Morgan fingerprint density at radius 3 is 2.10 bits per heavy atom. The molecule has 0 bridgehead atoms. The summed E-state index contributed by atoms with van der Waals surface area (Å²) in [6, 6.07) is 33.2. The molecule has 2 aliphatic carbocycles. The van der Waals surface area contributed by atoms with Gasteiger partial charge < -0.3 is 9.84 Å². The SMILES string of the molecule is Cc1ccc(NN2C(=O)C3CC4C(=CCC5C(=O)N(c6ccc(C(=O)c7ccccc7)cc6)C(=O)C54)C(c4cc(OC(F)(F)F)ccc4O)C3(c3ccccc3)C2=O)cc1. The molecule has 0 spiro atoms. The van der Waals surface area contributed by atoms with Crippen LogP contribution >= 0.6 is 0 Å². The maximum atomic E-state index is 15.3. The molecule has 2 aliphatic heterocycles. The summed E-state index contributed by atoms with van der Waals surface area (Å²) >= 11 is 0. The molecule has 2 saturated heterocycles. The number of alkyl halides is 3. The number of ketones is 1. The Hall–Kier alpha value is -7.02. The van der Waals surface area contributed by atoms with Crippen molar-refractivity contribution in [1.29, 1.82) is 0 Å². The van der Waals surface area contributed by atoms with Crippen LogP contribution in [-0.4, -0.2) is 45.9 Å². The minimum absolute atomic E-state index is 0.0289. The minimum Gasteiger partial charge on any atom is -0.508 e. The summed E-state index contributed by atoms with van der Waals surface area (Å²) in [6.45, 7) is 1.88. The number of carbonyl (C=O) groups is 5. The van der Waals surface area contributed by atoms with E-state index in [-0.39, 0.29) is 29.9 Å². The second-order valence-electron chi connectivity index (χ2n) is 15.6. The van der Waals surface area contributed by atoms with Gasteiger partial charge in [0.2, 0.25) is 11.8 Å². The number of anilines is 2. The van der Waals surface area contributed by atoms with Gasteiger partial charge in [-0.1, -0.05) is 90.0 Å². The van der Waals surface area contributed by atoms with Crippen molar-refractivity contribution in [2.24, 2.45) is 23.7 Å². The lowest BCUT2D eigenvalue weighted by molar-refractivity contribution is -0.274. The van der Waals surface area contributed by atoms with Gasteiger partial charge in [-0.05, 0) is 85.8 Å². The number of nitrogens with zero attached hydrogens (tertiary/aromatic N) is 2. The number of nitrogens with one attached hydrogen (secondary N) is 1. The van der Waals surface area contributed by atoms with Crippen LogP contribution in [0.5, 0.6) is 11.5 Å². The molecule has 3 fully saturated rings. The molecule has 10 nitrogen and oxygen atoms in total. The number of phenolic OH excluding ortho intramolecular Hbond substituents is 1. The molecule has 2 heterocycles.